The molecule has 0 amide bonds. The van der Waals surface area contributed by atoms with Gasteiger partial charge in [0.25, 0.3) is 0 Å². The molecule has 0 fully saturated rings. The maximum atomic E-state index is 5.99. The van der Waals surface area contributed by atoms with Crippen molar-refractivity contribution in [2.45, 2.75) is 32.4 Å². The van der Waals surface area contributed by atoms with E-state index >= 15 is 0 Å². The van der Waals surface area contributed by atoms with Crippen molar-refractivity contribution in [1.82, 2.24) is 20.2 Å². The minimum Gasteiger partial charge on any atom is -0.496 e. The summed E-state index contributed by atoms with van der Waals surface area (Å²) in [5, 5.41) is 4.85. The summed E-state index contributed by atoms with van der Waals surface area (Å²) in [6.07, 6.45) is 3.19. The monoisotopic (exact) mass is 309 g/mol. The number of benzene rings is 1. The lowest BCUT2D eigenvalue weighted by molar-refractivity contribution is 0.396. The number of nitrogens with one attached hydrogen (secondary N) is 1. The average Bonchev–Trinajstić information content (AvgIpc) is 2.92. The highest BCUT2D eigenvalue weighted by Crippen LogP contribution is 2.29. The van der Waals surface area contributed by atoms with Crippen LogP contribution in [0.25, 0.3) is 0 Å². The van der Waals surface area contributed by atoms with Gasteiger partial charge in [0.15, 0.2) is 0 Å². The summed E-state index contributed by atoms with van der Waals surface area (Å²) >= 11 is 5.99. The minimum atomic E-state index is -0.128. The number of nitrogens with two attached hydrogens (primary N) is 1. The van der Waals surface area contributed by atoms with E-state index in [9.17, 15) is 0 Å². The summed E-state index contributed by atoms with van der Waals surface area (Å²) < 4.78 is 7.28. The zero-order valence-corrected chi connectivity index (χ0v) is 13.0. The molecule has 0 saturated heterocycles. The number of hydrogen-bond donors (Lipinski definition) is 2. The summed E-state index contributed by atoms with van der Waals surface area (Å²) in [5.41, 5.74) is 3.76. The van der Waals surface area contributed by atoms with Crippen molar-refractivity contribution < 1.29 is 4.74 Å². The molecule has 0 aliphatic carbocycles. The summed E-state index contributed by atoms with van der Waals surface area (Å²) in [7, 11) is 1.61. The molecule has 114 valence electrons. The van der Waals surface area contributed by atoms with Crippen molar-refractivity contribution >= 4 is 11.6 Å². The van der Waals surface area contributed by atoms with E-state index in [2.05, 4.69) is 22.4 Å². The zero-order chi connectivity index (χ0) is 15.2. The molecule has 0 aliphatic heterocycles. The van der Waals surface area contributed by atoms with Gasteiger partial charge in [-0.1, -0.05) is 24.6 Å². The molecule has 0 aliphatic rings. The molecule has 0 bridgehead atoms. The predicted octanol–water partition coefficient (Wildman–Crippen LogP) is 2.10. The fraction of sp³-hybridized carbons (Fsp3) is 0.429. The van der Waals surface area contributed by atoms with Crippen LogP contribution in [0.15, 0.2) is 24.5 Å². The van der Waals surface area contributed by atoms with Crippen LogP contribution in [0, 0.1) is 0 Å². The molecule has 7 heteroatoms. The molecule has 1 unspecified atom stereocenters. The van der Waals surface area contributed by atoms with Gasteiger partial charge in [-0.25, -0.2) is 4.98 Å². The first-order valence-corrected chi connectivity index (χ1v) is 7.23. The van der Waals surface area contributed by atoms with Gasteiger partial charge in [0, 0.05) is 23.6 Å². The largest absolute Gasteiger partial charge is 0.496 e. The summed E-state index contributed by atoms with van der Waals surface area (Å²) in [6, 6.07) is 5.38. The Morgan fingerprint density at radius 1 is 1.48 bits per heavy atom. The first-order valence-electron chi connectivity index (χ1n) is 6.85. The van der Waals surface area contributed by atoms with E-state index in [1.807, 2.05) is 16.8 Å². The van der Waals surface area contributed by atoms with Crippen molar-refractivity contribution in [1.29, 1.82) is 0 Å². The molecule has 2 aromatic rings. The molecule has 0 spiro atoms. The predicted molar refractivity (Wildman–Crippen MR) is 82.1 cm³/mol. The highest BCUT2D eigenvalue weighted by molar-refractivity contribution is 6.30. The van der Waals surface area contributed by atoms with Gasteiger partial charge in [-0.15, -0.1) is 0 Å². The average molecular weight is 310 g/mol. The van der Waals surface area contributed by atoms with Gasteiger partial charge in [-0.05, 0) is 18.6 Å². The SMILES string of the molecule is CCCn1ncnc1CC(NN)c1ccc(Cl)cc1OC. The van der Waals surface area contributed by atoms with Gasteiger partial charge < -0.3 is 4.74 Å². The smallest absolute Gasteiger partial charge is 0.138 e. The molecule has 1 aromatic heterocycles. The number of halogens is 1. The molecule has 0 saturated carbocycles. The Balaban J connectivity index is 2.25. The van der Waals surface area contributed by atoms with Gasteiger partial charge in [-0.2, -0.15) is 5.10 Å². The number of ether oxygens (including phenoxy) is 1. The molecule has 1 aromatic carbocycles. The third-order valence-corrected chi connectivity index (χ3v) is 3.53. The topological polar surface area (TPSA) is 78.0 Å². The number of hydrogen-bond acceptors (Lipinski definition) is 5. The molecule has 6 nitrogen and oxygen atoms in total. The maximum Gasteiger partial charge on any atom is 0.138 e. The van der Waals surface area contributed by atoms with Crippen LogP contribution in [0.2, 0.25) is 5.02 Å². The van der Waals surface area contributed by atoms with Gasteiger partial charge in [-0.3, -0.25) is 16.0 Å². The third-order valence-electron chi connectivity index (χ3n) is 3.29. The van der Waals surface area contributed by atoms with Crippen molar-refractivity contribution in [2.24, 2.45) is 5.84 Å². The maximum absolute atomic E-state index is 5.99. The Labute approximate surface area is 129 Å². The lowest BCUT2D eigenvalue weighted by atomic mass is 10.0. The fourth-order valence-corrected chi connectivity index (χ4v) is 2.42. The quantitative estimate of drug-likeness (QED) is 0.605. The van der Waals surface area contributed by atoms with Crippen LogP contribution < -0.4 is 16.0 Å². The van der Waals surface area contributed by atoms with Crippen LogP contribution in [0.3, 0.4) is 0 Å². The molecule has 3 N–H and O–H groups in total. The lowest BCUT2D eigenvalue weighted by Crippen LogP contribution is -2.30. The van der Waals surface area contributed by atoms with E-state index in [4.69, 9.17) is 22.2 Å². The summed E-state index contributed by atoms with van der Waals surface area (Å²) in [6.45, 7) is 2.94. The standard InChI is InChI=1S/C14H20ClN5O/c1-3-6-20-14(17-9-18-20)8-12(19-16)11-5-4-10(15)7-13(11)21-2/h4-5,7,9,12,19H,3,6,8,16H2,1-2H3. The van der Waals surface area contributed by atoms with Gasteiger partial charge in [0.2, 0.25) is 0 Å². The van der Waals surface area contributed by atoms with Crippen LogP contribution in [0.1, 0.15) is 30.8 Å². The van der Waals surface area contributed by atoms with Gasteiger partial charge in [0.1, 0.15) is 17.9 Å². The molecule has 1 heterocycles. The highest BCUT2D eigenvalue weighted by atomic mass is 35.5. The Kier molecular flexibility index (Phi) is 5.55. The van der Waals surface area contributed by atoms with Crippen LogP contribution >= 0.6 is 11.6 Å². The molecular formula is C14H20ClN5O. The molecule has 0 radical (unpaired) electrons. The first kappa shape index (κ1) is 15.8. The van der Waals surface area contributed by atoms with E-state index in [0.717, 1.165) is 24.4 Å². The Morgan fingerprint density at radius 2 is 2.29 bits per heavy atom. The number of hydrazine groups is 1. The summed E-state index contributed by atoms with van der Waals surface area (Å²) in [4.78, 5) is 4.31. The van der Waals surface area contributed by atoms with E-state index < -0.39 is 0 Å². The number of aromatic nitrogens is 3. The van der Waals surface area contributed by atoms with Crippen LogP contribution in [0.4, 0.5) is 0 Å². The summed E-state index contributed by atoms with van der Waals surface area (Å²) in [5.74, 6) is 7.30. The minimum absolute atomic E-state index is 0.128. The molecular weight excluding hydrogens is 290 g/mol. The number of rotatable bonds is 7. The van der Waals surface area contributed by atoms with Crippen LogP contribution in [-0.4, -0.2) is 21.9 Å². The van der Waals surface area contributed by atoms with E-state index in [-0.39, 0.29) is 6.04 Å². The van der Waals surface area contributed by atoms with Crippen molar-refractivity contribution in [3.05, 3.63) is 40.9 Å². The molecule has 1 atom stereocenters. The molecule has 2 rings (SSSR count). The lowest BCUT2D eigenvalue weighted by Gasteiger charge is -2.19. The van der Waals surface area contributed by atoms with Crippen LogP contribution in [0.5, 0.6) is 5.75 Å². The Hall–Kier alpha value is -1.63. The Bertz CT molecular complexity index is 586. The number of aryl methyl sites for hydroxylation is 1. The van der Waals surface area contributed by atoms with Crippen molar-refractivity contribution in [2.75, 3.05) is 7.11 Å². The van der Waals surface area contributed by atoms with E-state index in [1.54, 1.807) is 19.5 Å². The number of nitrogens with zero attached hydrogens (tertiary/aromatic N) is 3. The highest BCUT2D eigenvalue weighted by Gasteiger charge is 2.18. The number of methoxy groups -OCH3 is 1. The van der Waals surface area contributed by atoms with Crippen LogP contribution in [-0.2, 0) is 13.0 Å². The third kappa shape index (κ3) is 3.72. The molecule has 21 heavy (non-hydrogen) atoms. The zero-order valence-electron chi connectivity index (χ0n) is 12.2. The second kappa shape index (κ2) is 7.40. The second-order valence-electron chi connectivity index (χ2n) is 4.71. The second-order valence-corrected chi connectivity index (χ2v) is 5.15. The normalized spacial score (nSPS) is 12.4. The fourth-order valence-electron chi connectivity index (χ4n) is 2.26. The first-order chi connectivity index (χ1) is 10.2. The van der Waals surface area contributed by atoms with Gasteiger partial charge >= 0.3 is 0 Å². The van der Waals surface area contributed by atoms with E-state index in [0.29, 0.717) is 17.2 Å². The van der Waals surface area contributed by atoms with Crippen molar-refractivity contribution in [3.63, 3.8) is 0 Å². The van der Waals surface area contributed by atoms with Gasteiger partial charge in [0.05, 0.1) is 13.2 Å². The van der Waals surface area contributed by atoms with E-state index in [1.165, 1.54) is 0 Å². The van der Waals surface area contributed by atoms with Crippen molar-refractivity contribution in [3.8, 4) is 5.75 Å². The Morgan fingerprint density at radius 3 is 2.95 bits per heavy atom.